The molecule has 1 aromatic carbocycles. The van der Waals surface area contributed by atoms with Crippen LogP contribution in [0.25, 0.3) is 0 Å². The maximum Gasteiger partial charge on any atom is 0.336 e. The van der Waals surface area contributed by atoms with E-state index in [1.165, 1.54) is 31.0 Å². The van der Waals surface area contributed by atoms with Crippen molar-refractivity contribution in [3.8, 4) is 6.01 Å². The molecule has 8 heteroatoms. The number of H-pyrrole nitrogens is 1. The van der Waals surface area contributed by atoms with Crippen LogP contribution >= 0.6 is 11.8 Å². The fourth-order valence-corrected chi connectivity index (χ4v) is 2.19. The number of hydrogen-bond donors (Lipinski definition) is 2. The van der Waals surface area contributed by atoms with E-state index < -0.39 is 0 Å². The SMILES string of the molecule is COc1n[nH]c(NC(=O)CSCc2ccc(F)cc2)n1. The number of amides is 1. The number of hydrogen-bond acceptors (Lipinski definition) is 5. The van der Waals surface area contributed by atoms with Crippen molar-refractivity contribution in [2.45, 2.75) is 5.75 Å². The number of carbonyl (C=O) groups is 1. The number of ether oxygens (including phenoxy) is 1. The van der Waals surface area contributed by atoms with Crippen LogP contribution in [-0.2, 0) is 10.5 Å². The second kappa shape index (κ2) is 6.90. The van der Waals surface area contributed by atoms with Gasteiger partial charge in [-0.2, -0.15) is 4.98 Å². The van der Waals surface area contributed by atoms with Crippen LogP contribution in [-0.4, -0.2) is 34.0 Å². The Morgan fingerprint density at radius 2 is 2.20 bits per heavy atom. The van der Waals surface area contributed by atoms with E-state index in [1.807, 2.05) is 0 Å². The van der Waals surface area contributed by atoms with Crippen LogP contribution in [0.5, 0.6) is 6.01 Å². The predicted octanol–water partition coefficient (Wildman–Crippen LogP) is 1.82. The largest absolute Gasteiger partial charge is 0.466 e. The molecule has 1 aromatic heterocycles. The molecule has 0 unspecified atom stereocenters. The van der Waals surface area contributed by atoms with Gasteiger partial charge >= 0.3 is 6.01 Å². The highest BCUT2D eigenvalue weighted by Crippen LogP contribution is 2.13. The van der Waals surface area contributed by atoms with Crippen molar-refractivity contribution >= 4 is 23.6 Å². The van der Waals surface area contributed by atoms with E-state index in [0.29, 0.717) is 5.75 Å². The lowest BCUT2D eigenvalue weighted by Gasteiger charge is -2.02. The van der Waals surface area contributed by atoms with Gasteiger partial charge in [-0.3, -0.25) is 10.1 Å². The van der Waals surface area contributed by atoms with Crippen molar-refractivity contribution in [2.75, 3.05) is 18.2 Å². The number of thioether (sulfide) groups is 1. The number of carbonyl (C=O) groups excluding carboxylic acids is 1. The molecule has 0 spiro atoms. The fourth-order valence-electron chi connectivity index (χ4n) is 1.40. The Bertz CT molecular complexity index is 573. The summed E-state index contributed by atoms with van der Waals surface area (Å²) in [6.45, 7) is 0. The molecule has 0 aliphatic heterocycles. The maximum absolute atomic E-state index is 12.7. The average molecular weight is 296 g/mol. The summed E-state index contributed by atoms with van der Waals surface area (Å²) < 4.78 is 17.5. The average Bonchev–Trinajstić information content (AvgIpc) is 2.88. The van der Waals surface area contributed by atoms with Gasteiger partial charge in [0, 0.05) is 5.75 Å². The van der Waals surface area contributed by atoms with Crippen molar-refractivity contribution < 1.29 is 13.9 Å². The van der Waals surface area contributed by atoms with E-state index in [4.69, 9.17) is 4.74 Å². The Labute approximate surface area is 119 Å². The van der Waals surface area contributed by atoms with Crippen LogP contribution in [0.3, 0.4) is 0 Å². The minimum absolute atomic E-state index is 0.166. The van der Waals surface area contributed by atoms with Gasteiger partial charge in [0.15, 0.2) is 0 Å². The lowest BCUT2D eigenvalue weighted by atomic mass is 10.2. The molecule has 1 heterocycles. The van der Waals surface area contributed by atoms with Crippen LogP contribution in [0.2, 0.25) is 0 Å². The fraction of sp³-hybridized carbons (Fsp3) is 0.250. The molecule has 0 fully saturated rings. The summed E-state index contributed by atoms with van der Waals surface area (Å²) in [5, 5.41) is 8.80. The van der Waals surface area contributed by atoms with Crippen molar-refractivity contribution in [2.24, 2.45) is 0 Å². The Balaban J connectivity index is 1.73. The highest BCUT2D eigenvalue weighted by Gasteiger charge is 2.07. The Morgan fingerprint density at radius 3 is 2.85 bits per heavy atom. The minimum Gasteiger partial charge on any atom is -0.466 e. The van der Waals surface area contributed by atoms with Crippen LogP contribution in [0.4, 0.5) is 10.3 Å². The zero-order valence-electron chi connectivity index (χ0n) is 10.7. The highest BCUT2D eigenvalue weighted by molar-refractivity contribution is 7.99. The number of methoxy groups -OCH3 is 1. The third-order valence-electron chi connectivity index (χ3n) is 2.32. The number of halogens is 1. The Hall–Kier alpha value is -2.09. The smallest absolute Gasteiger partial charge is 0.336 e. The summed E-state index contributed by atoms with van der Waals surface area (Å²) in [6.07, 6.45) is 0. The first-order valence-corrected chi connectivity index (χ1v) is 6.91. The van der Waals surface area contributed by atoms with Gasteiger partial charge in [-0.1, -0.05) is 12.1 Å². The van der Waals surface area contributed by atoms with Crippen LogP contribution in [0.1, 0.15) is 5.56 Å². The molecule has 106 valence electrons. The first kappa shape index (κ1) is 14.3. The lowest BCUT2D eigenvalue weighted by molar-refractivity contribution is -0.113. The van der Waals surface area contributed by atoms with Crippen molar-refractivity contribution in [3.63, 3.8) is 0 Å². The number of aromatic nitrogens is 3. The van der Waals surface area contributed by atoms with E-state index in [0.717, 1.165) is 5.56 Å². The zero-order chi connectivity index (χ0) is 14.4. The van der Waals surface area contributed by atoms with E-state index in [2.05, 4.69) is 20.5 Å². The molecule has 0 atom stereocenters. The van der Waals surface area contributed by atoms with Gasteiger partial charge in [-0.15, -0.1) is 16.9 Å². The number of anilines is 1. The molecule has 2 N–H and O–H groups in total. The van der Waals surface area contributed by atoms with Gasteiger partial charge in [-0.05, 0) is 17.7 Å². The van der Waals surface area contributed by atoms with Crippen molar-refractivity contribution in [1.29, 1.82) is 0 Å². The van der Waals surface area contributed by atoms with Crippen LogP contribution in [0.15, 0.2) is 24.3 Å². The predicted molar refractivity (Wildman–Crippen MR) is 74.1 cm³/mol. The highest BCUT2D eigenvalue weighted by atomic mass is 32.2. The molecule has 6 nitrogen and oxygen atoms in total. The molecule has 0 aliphatic carbocycles. The van der Waals surface area contributed by atoms with E-state index in [-0.39, 0.29) is 29.4 Å². The standard InChI is InChI=1S/C12H13FN4O2S/c1-19-12-15-11(16-17-12)14-10(18)7-20-6-8-2-4-9(13)5-3-8/h2-5H,6-7H2,1H3,(H2,14,15,16,17,18). The molecule has 0 saturated carbocycles. The summed E-state index contributed by atoms with van der Waals surface area (Å²) in [6, 6.07) is 6.36. The number of aromatic amines is 1. The molecular formula is C12H13FN4O2S. The van der Waals surface area contributed by atoms with Crippen molar-refractivity contribution in [1.82, 2.24) is 15.2 Å². The third kappa shape index (κ3) is 4.23. The molecule has 0 radical (unpaired) electrons. The number of rotatable bonds is 6. The zero-order valence-corrected chi connectivity index (χ0v) is 11.5. The van der Waals surface area contributed by atoms with E-state index >= 15 is 0 Å². The minimum atomic E-state index is -0.268. The second-order valence-corrected chi connectivity index (χ2v) is 4.82. The summed E-state index contributed by atoms with van der Waals surface area (Å²) in [5.74, 6) is 0.675. The summed E-state index contributed by atoms with van der Waals surface area (Å²) in [4.78, 5) is 15.5. The van der Waals surface area contributed by atoms with Gasteiger partial charge in [0.1, 0.15) is 5.82 Å². The number of nitrogens with zero attached hydrogens (tertiary/aromatic N) is 2. The summed E-state index contributed by atoms with van der Waals surface area (Å²) >= 11 is 1.42. The quantitative estimate of drug-likeness (QED) is 0.850. The Morgan fingerprint density at radius 1 is 1.45 bits per heavy atom. The van der Waals surface area contributed by atoms with Crippen molar-refractivity contribution in [3.05, 3.63) is 35.6 Å². The monoisotopic (exact) mass is 296 g/mol. The second-order valence-electron chi connectivity index (χ2n) is 3.84. The molecule has 20 heavy (non-hydrogen) atoms. The Kier molecular flexibility index (Phi) is 4.94. The van der Waals surface area contributed by atoms with Crippen LogP contribution in [0, 0.1) is 5.82 Å². The molecule has 2 rings (SSSR count). The number of nitrogens with one attached hydrogen (secondary N) is 2. The first-order valence-electron chi connectivity index (χ1n) is 5.76. The topological polar surface area (TPSA) is 79.9 Å². The molecule has 0 saturated heterocycles. The molecular weight excluding hydrogens is 283 g/mol. The van der Waals surface area contributed by atoms with Gasteiger partial charge in [0.25, 0.3) is 0 Å². The summed E-state index contributed by atoms with van der Waals surface area (Å²) in [7, 11) is 1.44. The molecule has 1 amide bonds. The van der Waals surface area contributed by atoms with Gasteiger partial charge in [-0.25, -0.2) is 9.49 Å². The third-order valence-corrected chi connectivity index (χ3v) is 3.32. The van der Waals surface area contributed by atoms with Gasteiger partial charge in [0.2, 0.25) is 11.9 Å². The molecule has 0 bridgehead atoms. The number of benzene rings is 1. The van der Waals surface area contributed by atoms with Gasteiger partial charge < -0.3 is 4.74 Å². The normalized spacial score (nSPS) is 10.3. The van der Waals surface area contributed by atoms with E-state index in [1.54, 1.807) is 12.1 Å². The van der Waals surface area contributed by atoms with E-state index in [9.17, 15) is 9.18 Å². The lowest BCUT2D eigenvalue weighted by Crippen LogP contribution is -2.15. The maximum atomic E-state index is 12.7. The molecule has 0 aliphatic rings. The molecule has 2 aromatic rings. The van der Waals surface area contributed by atoms with Gasteiger partial charge in [0.05, 0.1) is 12.9 Å². The summed E-state index contributed by atoms with van der Waals surface area (Å²) in [5.41, 5.74) is 0.963. The first-order chi connectivity index (χ1) is 9.67. The van der Waals surface area contributed by atoms with Crippen LogP contribution < -0.4 is 10.1 Å².